The molecule has 1 saturated heterocycles. The van der Waals surface area contributed by atoms with Crippen LogP contribution >= 0.6 is 15.9 Å². The summed E-state index contributed by atoms with van der Waals surface area (Å²) in [4.78, 5) is 29.9. The van der Waals surface area contributed by atoms with Gasteiger partial charge in [-0.05, 0) is 68.7 Å². The zero-order valence-corrected chi connectivity index (χ0v) is 16.8. The molecule has 2 aliphatic rings. The number of carbonyl (C=O) groups is 2. The molecular weight excluding hydrogens is 406 g/mol. The summed E-state index contributed by atoms with van der Waals surface area (Å²) in [5.41, 5.74) is 2.86. The lowest BCUT2D eigenvalue weighted by molar-refractivity contribution is 0.0582. The van der Waals surface area contributed by atoms with Gasteiger partial charge in [0.15, 0.2) is 0 Å². The van der Waals surface area contributed by atoms with Crippen LogP contribution in [0.1, 0.15) is 46.9 Å². The van der Waals surface area contributed by atoms with Gasteiger partial charge in [-0.25, -0.2) is 0 Å². The van der Waals surface area contributed by atoms with Gasteiger partial charge in [-0.3, -0.25) is 9.59 Å². The highest BCUT2D eigenvalue weighted by Crippen LogP contribution is 2.35. The fourth-order valence-corrected chi connectivity index (χ4v) is 4.26. The molecule has 2 heterocycles. The van der Waals surface area contributed by atoms with Crippen LogP contribution in [0.15, 0.2) is 46.9 Å². The van der Waals surface area contributed by atoms with Gasteiger partial charge in [-0.2, -0.15) is 0 Å². The lowest BCUT2D eigenvalue weighted by atomic mass is 9.97. The Morgan fingerprint density at radius 1 is 1.19 bits per heavy atom. The molecule has 0 saturated carbocycles. The minimum absolute atomic E-state index is 0.0827. The number of fused-ring (bicyclic) bond motifs is 2. The zero-order chi connectivity index (χ0) is 19.0. The molecule has 2 aromatic rings. The Morgan fingerprint density at radius 2 is 1.96 bits per heavy atom. The summed E-state index contributed by atoms with van der Waals surface area (Å²) in [5.74, 6) is -0.0889. The van der Waals surface area contributed by atoms with Crippen LogP contribution in [0.3, 0.4) is 0 Å². The molecule has 1 atom stereocenters. The third-order valence-corrected chi connectivity index (χ3v) is 5.86. The van der Waals surface area contributed by atoms with E-state index >= 15 is 0 Å². The van der Waals surface area contributed by atoms with Crippen LogP contribution in [-0.4, -0.2) is 36.0 Å². The molecule has 0 spiro atoms. The number of amides is 2. The van der Waals surface area contributed by atoms with Gasteiger partial charge in [-0.15, -0.1) is 0 Å². The fourth-order valence-electron chi connectivity index (χ4n) is 4.00. The van der Waals surface area contributed by atoms with Crippen LogP contribution in [-0.2, 0) is 0 Å². The van der Waals surface area contributed by atoms with E-state index < -0.39 is 0 Å². The first-order valence-corrected chi connectivity index (χ1v) is 10.2. The Bertz CT molecular complexity index is 881. The number of benzene rings is 2. The second-order valence-corrected chi connectivity index (χ2v) is 7.87. The number of piperidine rings is 1. The zero-order valence-electron chi connectivity index (χ0n) is 15.2. The average Bonchev–Trinajstić information content (AvgIpc) is 2.70. The van der Waals surface area contributed by atoms with Crippen molar-refractivity contribution in [1.29, 1.82) is 0 Å². The molecular formula is C21H22BrN3O2. The summed E-state index contributed by atoms with van der Waals surface area (Å²) in [5, 5.41) is 2.92. The average molecular weight is 428 g/mol. The minimum Gasteiger partial charge on any atom is -0.351 e. The molecule has 2 aromatic carbocycles. The number of rotatable bonds is 3. The smallest absolute Gasteiger partial charge is 0.257 e. The quantitative estimate of drug-likeness (QED) is 0.784. The van der Waals surface area contributed by atoms with E-state index in [1.54, 1.807) is 12.1 Å². The van der Waals surface area contributed by atoms with Crippen LogP contribution < -0.4 is 10.2 Å². The van der Waals surface area contributed by atoms with Gasteiger partial charge >= 0.3 is 0 Å². The number of anilines is 2. The fraction of sp³-hybridized carbons (Fsp3) is 0.333. The Balaban J connectivity index is 1.65. The normalized spacial score (nSPS) is 18.7. The third kappa shape index (κ3) is 3.34. The maximum Gasteiger partial charge on any atom is 0.257 e. The largest absolute Gasteiger partial charge is 0.351 e. The van der Waals surface area contributed by atoms with Crippen LogP contribution in [0, 0.1) is 0 Å². The van der Waals surface area contributed by atoms with Gasteiger partial charge in [0.25, 0.3) is 11.8 Å². The molecule has 1 unspecified atom stereocenters. The monoisotopic (exact) mass is 427 g/mol. The van der Waals surface area contributed by atoms with Crippen molar-refractivity contribution in [3.8, 4) is 0 Å². The van der Waals surface area contributed by atoms with Gasteiger partial charge in [0.05, 0.1) is 11.3 Å². The highest BCUT2D eigenvalue weighted by Gasteiger charge is 2.38. The van der Waals surface area contributed by atoms with Gasteiger partial charge < -0.3 is 15.1 Å². The first-order chi connectivity index (χ1) is 13.1. The molecule has 4 rings (SSSR count). The predicted octanol–water partition coefficient (Wildman–Crippen LogP) is 4.49. The van der Waals surface area contributed by atoms with Crippen molar-refractivity contribution in [3.05, 3.63) is 58.1 Å². The Labute approximate surface area is 167 Å². The first-order valence-electron chi connectivity index (χ1n) is 9.37. The van der Waals surface area contributed by atoms with Crippen molar-refractivity contribution in [1.82, 2.24) is 4.90 Å². The van der Waals surface area contributed by atoms with E-state index in [0.717, 1.165) is 48.2 Å². The highest BCUT2D eigenvalue weighted by molar-refractivity contribution is 9.10. The van der Waals surface area contributed by atoms with Gasteiger partial charge in [0.2, 0.25) is 0 Å². The summed E-state index contributed by atoms with van der Waals surface area (Å²) < 4.78 is 0.961. The maximum absolute atomic E-state index is 12.9. The van der Waals surface area contributed by atoms with Crippen LogP contribution in [0.2, 0.25) is 0 Å². The van der Waals surface area contributed by atoms with Crippen LogP contribution in [0.5, 0.6) is 0 Å². The van der Waals surface area contributed by atoms with Gasteiger partial charge in [0, 0.05) is 28.8 Å². The van der Waals surface area contributed by atoms with Crippen molar-refractivity contribution in [2.45, 2.75) is 32.4 Å². The second kappa shape index (κ2) is 7.35. The molecule has 0 bridgehead atoms. The molecule has 1 N–H and O–H groups in total. The van der Waals surface area contributed by atoms with Crippen molar-refractivity contribution in [2.24, 2.45) is 0 Å². The molecule has 0 radical (unpaired) electrons. The molecule has 6 heteroatoms. The summed E-state index contributed by atoms with van der Waals surface area (Å²) in [6.45, 7) is 3.71. The minimum atomic E-state index is -0.172. The molecule has 2 amide bonds. The Morgan fingerprint density at radius 3 is 2.70 bits per heavy atom. The Hall–Kier alpha value is -2.34. The van der Waals surface area contributed by atoms with Crippen molar-refractivity contribution < 1.29 is 9.59 Å². The summed E-state index contributed by atoms with van der Waals surface area (Å²) in [6, 6.07) is 12.9. The van der Waals surface area contributed by atoms with Gasteiger partial charge in [0.1, 0.15) is 6.17 Å². The molecule has 0 aromatic heterocycles. The van der Waals surface area contributed by atoms with E-state index in [-0.39, 0.29) is 18.0 Å². The molecule has 0 aliphatic carbocycles. The van der Waals surface area contributed by atoms with E-state index in [9.17, 15) is 9.59 Å². The van der Waals surface area contributed by atoms with Crippen LogP contribution in [0.25, 0.3) is 0 Å². The topological polar surface area (TPSA) is 52.7 Å². The number of nitrogens with one attached hydrogen (secondary N) is 1. The molecule has 2 aliphatic heterocycles. The number of halogens is 1. The number of hydrogen-bond donors (Lipinski definition) is 1. The number of nitrogens with zero attached hydrogens (tertiary/aromatic N) is 2. The molecule has 5 nitrogen and oxygen atoms in total. The predicted molar refractivity (Wildman–Crippen MR) is 110 cm³/mol. The SMILES string of the molecule is CCN1c2cc(C(=O)Nc3ccc(Br)cc3)ccc2C(=O)N2CCCCC21. The van der Waals surface area contributed by atoms with Gasteiger partial charge in [-0.1, -0.05) is 15.9 Å². The first kappa shape index (κ1) is 18.0. The van der Waals surface area contributed by atoms with E-state index in [0.29, 0.717) is 11.1 Å². The number of carbonyl (C=O) groups excluding carboxylic acids is 2. The highest BCUT2D eigenvalue weighted by atomic mass is 79.9. The second-order valence-electron chi connectivity index (χ2n) is 6.95. The maximum atomic E-state index is 12.9. The summed E-state index contributed by atoms with van der Waals surface area (Å²) >= 11 is 3.39. The number of hydrogen-bond acceptors (Lipinski definition) is 3. The lowest BCUT2D eigenvalue weighted by Crippen LogP contribution is -2.57. The third-order valence-electron chi connectivity index (χ3n) is 5.33. The summed E-state index contributed by atoms with van der Waals surface area (Å²) in [6.07, 6.45) is 3.27. The molecule has 27 heavy (non-hydrogen) atoms. The van der Waals surface area contributed by atoms with E-state index in [2.05, 4.69) is 33.1 Å². The van der Waals surface area contributed by atoms with Crippen LogP contribution in [0.4, 0.5) is 11.4 Å². The van der Waals surface area contributed by atoms with Crippen molar-refractivity contribution in [2.75, 3.05) is 23.3 Å². The van der Waals surface area contributed by atoms with Crippen molar-refractivity contribution >= 4 is 39.1 Å². The Kier molecular flexibility index (Phi) is 4.91. The molecule has 1 fully saturated rings. The van der Waals surface area contributed by atoms with E-state index in [4.69, 9.17) is 0 Å². The molecule has 140 valence electrons. The van der Waals surface area contributed by atoms with E-state index in [1.807, 2.05) is 35.2 Å². The van der Waals surface area contributed by atoms with E-state index in [1.165, 1.54) is 0 Å². The van der Waals surface area contributed by atoms with Crippen molar-refractivity contribution in [3.63, 3.8) is 0 Å². The standard InChI is InChI=1S/C21H22BrN3O2/c1-2-24-18-13-14(20(26)23-16-9-7-15(22)8-10-16)6-11-17(18)21(27)25-12-4-3-5-19(24)25/h6-11,13,19H,2-5,12H2,1H3,(H,23,26). The lowest BCUT2D eigenvalue weighted by Gasteiger charge is -2.47. The summed E-state index contributed by atoms with van der Waals surface area (Å²) in [7, 11) is 0.